The molecular formula is C17H22N2O2. The summed E-state index contributed by atoms with van der Waals surface area (Å²) in [5.41, 5.74) is 2.45. The van der Waals surface area contributed by atoms with E-state index in [0.717, 1.165) is 29.7 Å². The second-order valence-electron chi connectivity index (χ2n) is 6.15. The fraction of sp³-hybridized carbons (Fsp3) is 0.529. The molecule has 0 spiro atoms. The van der Waals surface area contributed by atoms with E-state index >= 15 is 0 Å². The fourth-order valence-electron chi connectivity index (χ4n) is 2.74. The molecule has 4 heteroatoms. The molecule has 0 aromatic heterocycles. The molecule has 0 saturated heterocycles. The predicted octanol–water partition coefficient (Wildman–Crippen LogP) is 2.80. The summed E-state index contributed by atoms with van der Waals surface area (Å²) in [5, 5.41) is 12.0. The van der Waals surface area contributed by atoms with Gasteiger partial charge in [-0.25, -0.2) is 0 Å². The number of ether oxygens (including phenoxy) is 1. The molecule has 112 valence electrons. The van der Waals surface area contributed by atoms with Gasteiger partial charge in [-0.2, -0.15) is 5.26 Å². The predicted molar refractivity (Wildman–Crippen MR) is 81.0 cm³/mol. The van der Waals surface area contributed by atoms with Crippen molar-refractivity contribution in [2.24, 2.45) is 5.92 Å². The molecule has 1 aromatic carbocycles. The van der Waals surface area contributed by atoms with Crippen molar-refractivity contribution in [2.75, 3.05) is 6.61 Å². The Hall–Kier alpha value is -2.02. The third kappa shape index (κ3) is 3.55. The average Bonchev–Trinajstić information content (AvgIpc) is 3.21. The molecule has 1 N–H and O–H groups in total. The zero-order valence-electron chi connectivity index (χ0n) is 13.1. The third-order valence-corrected chi connectivity index (χ3v) is 3.98. The smallest absolute Gasteiger partial charge is 0.259 e. The first-order valence-corrected chi connectivity index (χ1v) is 7.28. The Morgan fingerprint density at radius 2 is 1.95 bits per heavy atom. The Bertz CT molecular complexity index is 576. The maximum absolute atomic E-state index is 12.0. The van der Waals surface area contributed by atoms with Crippen molar-refractivity contribution in [1.29, 1.82) is 5.26 Å². The maximum Gasteiger partial charge on any atom is 0.259 e. The fourth-order valence-corrected chi connectivity index (χ4v) is 2.74. The van der Waals surface area contributed by atoms with Crippen LogP contribution in [-0.4, -0.2) is 18.1 Å². The van der Waals surface area contributed by atoms with Crippen LogP contribution in [0.3, 0.4) is 0 Å². The van der Waals surface area contributed by atoms with Crippen molar-refractivity contribution < 1.29 is 9.53 Å². The van der Waals surface area contributed by atoms with E-state index in [1.54, 1.807) is 6.92 Å². The lowest BCUT2D eigenvalue weighted by atomic mass is 9.98. The van der Waals surface area contributed by atoms with Gasteiger partial charge in [0.1, 0.15) is 11.3 Å². The van der Waals surface area contributed by atoms with Crippen molar-refractivity contribution in [3.8, 4) is 11.8 Å². The van der Waals surface area contributed by atoms with Crippen LogP contribution in [0.2, 0.25) is 0 Å². The lowest BCUT2D eigenvalue weighted by Gasteiger charge is -2.23. The highest BCUT2D eigenvalue weighted by atomic mass is 16.5. The van der Waals surface area contributed by atoms with Gasteiger partial charge in [-0.05, 0) is 57.6 Å². The van der Waals surface area contributed by atoms with Crippen LogP contribution < -0.4 is 10.1 Å². The lowest BCUT2D eigenvalue weighted by molar-refractivity contribution is -0.124. The van der Waals surface area contributed by atoms with E-state index in [-0.39, 0.29) is 18.4 Å². The number of hydrogen-bond acceptors (Lipinski definition) is 3. The van der Waals surface area contributed by atoms with E-state index in [4.69, 9.17) is 4.74 Å². The van der Waals surface area contributed by atoms with E-state index in [2.05, 4.69) is 11.4 Å². The van der Waals surface area contributed by atoms with Gasteiger partial charge in [-0.3, -0.25) is 4.79 Å². The zero-order chi connectivity index (χ0) is 15.6. The Balaban J connectivity index is 1.97. The molecule has 1 aliphatic carbocycles. The average molecular weight is 286 g/mol. The summed E-state index contributed by atoms with van der Waals surface area (Å²) in [7, 11) is 0. The van der Waals surface area contributed by atoms with Crippen LogP contribution in [0.25, 0.3) is 0 Å². The molecule has 0 aliphatic heterocycles. The van der Waals surface area contributed by atoms with E-state index in [1.807, 2.05) is 32.9 Å². The van der Waals surface area contributed by atoms with Crippen LogP contribution in [-0.2, 0) is 4.79 Å². The van der Waals surface area contributed by atoms with Crippen LogP contribution >= 0.6 is 0 Å². The third-order valence-electron chi connectivity index (χ3n) is 3.98. The van der Waals surface area contributed by atoms with Crippen LogP contribution in [0.5, 0.6) is 5.75 Å². The van der Waals surface area contributed by atoms with Crippen molar-refractivity contribution in [3.63, 3.8) is 0 Å². The van der Waals surface area contributed by atoms with Gasteiger partial charge in [0.05, 0.1) is 6.07 Å². The van der Waals surface area contributed by atoms with Crippen LogP contribution in [0.4, 0.5) is 0 Å². The summed E-state index contributed by atoms with van der Waals surface area (Å²) in [4.78, 5) is 12.0. The molecule has 0 bridgehead atoms. The molecular weight excluding hydrogens is 264 g/mol. The molecule has 0 heterocycles. The first kappa shape index (κ1) is 15.4. The van der Waals surface area contributed by atoms with Gasteiger partial charge in [0.15, 0.2) is 6.61 Å². The number of aryl methyl sites for hydroxylation is 3. The van der Waals surface area contributed by atoms with E-state index in [0.29, 0.717) is 0 Å². The van der Waals surface area contributed by atoms with Gasteiger partial charge in [0.25, 0.3) is 5.91 Å². The summed E-state index contributed by atoms with van der Waals surface area (Å²) < 4.78 is 5.65. The summed E-state index contributed by atoms with van der Waals surface area (Å²) >= 11 is 0. The SMILES string of the molecule is Cc1cc(C)c(OCC(=O)N[C@](C)(C#N)C2CC2)c(C)c1. The quantitative estimate of drug-likeness (QED) is 0.905. The molecule has 21 heavy (non-hydrogen) atoms. The zero-order valence-corrected chi connectivity index (χ0v) is 13.1. The van der Waals surface area contributed by atoms with Gasteiger partial charge in [0.2, 0.25) is 0 Å². The second kappa shape index (κ2) is 5.77. The topological polar surface area (TPSA) is 62.1 Å². The summed E-state index contributed by atoms with van der Waals surface area (Å²) in [6.07, 6.45) is 2.00. The molecule has 0 radical (unpaired) electrons. The highest BCUT2D eigenvalue weighted by Gasteiger charge is 2.43. The monoisotopic (exact) mass is 286 g/mol. The van der Waals surface area contributed by atoms with Crippen LogP contribution in [0.1, 0.15) is 36.5 Å². The summed E-state index contributed by atoms with van der Waals surface area (Å²) in [6, 6.07) is 6.28. The molecule has 1 aromatic rings. The minimum Gasteiger partial charge on any atom is -0.483 e. The number of hydrogen-bond donors (Lipinski definition) is 1. The number of carbonyl (C=O) groups is 1. The maximum atomic E-state index is 12.0. The molecule has 1 amide bonds. The number of nitrogens with one attached hydrogen (secondary N) is 1. The standard InChI is InChI=1S/C17H22N2O2/c1-11-7-12(2)16(13(3)8-11)21-9-15(20)19-17(4,10-18)14-5-6-14/h7-8,14H,5-6,9H2,1-4H3,(H,19,20)/t17-/m1/s1. The largest absolute Gasteiger partial charge is 0.483 e. The minimum atomic E-state index is -0.766. The van der Waals surface area contributed by atoms with Crippen LogP contribution in [0, 0.1) is 38.0 Å². The van der Waals surface area contributed by atoms with E-state index in [9.17, 15) is 10.1 Å². The number of nitrogens with zero attached hydrogens (tertiary/aromatic N) is 1. The molecule has 1 fully saturated rings. The highest BCUT2D eigenvalue weighted by Crippen LogP contribution is 2.39. The second-order valence-corrected chi connectivity index (χ2v) is 6.15. The first-order valence-electron chi connectivity index (χ1n) is 7.28. The van der Waals surface area contributed by atoms with Crippen molar-refractivity contribution in [2.45, 2.75) is 46.1 Å². The molecule has 4 nitrogen and oxygen atoms in total. The molecule has 1 saturated carbocycles. The highest BCUT2D eigenvalue weighted by molar-refractivity contribution is 5.79. The van der Waals surface area contributed by atoms with Crippen molar-refractivity contribution in [3.05, 3.63) is 28.8 Å². The van der Waals surface area contributed by atoms with Gasteiger partial charge in [0, 0.05) is 0 Å². The number of rotatable bonds is 5. The van der Waals surface area contributed by atoms with Crippen molar-refractivity contribution in [1.82, 2.24) is 5.32 Å². The Kier molecular flexibility index (Phi) is 4.22. The molecule has 1 aliphatic rings. The molecule has 0 unspecified atom stereocenters. The number of amides is 1. The minimum absolute atomic E-state index is 0.0608. The van der Waals surface area contributed by atoms with E-state index < -0.39 is 5.54 Å². The Morgan fingerprint density at radius 3 is 2.43 bits per heavy atom. The van der Waals surface area contributed by atoms with Gasteiger partial charge in [-0.1, -0.05) is 17.7 Å². The molecule has 1 atom stereocenters. The first-order chi connectivity index (χ1) is 9.85. The molecule has 2 rings (SSSR count). The van der Waals surface area contributed by atoms with Gasteiger partial charge < -0.3 is 10.1 Å². The summed E-state index contributed by atoms with van der Waals surface area (Å²) in [6.45, 7) is 7.69. The Morgan fingerprint density at radius 1 is 1.38 bits per heavy atom. The lowest BCUT2D eigenvalue weighted by Crippen LogP contribution is -2.48. The summed E-state index contributed by atoms with van der Waals surface area (Å²) in [5.74, 6) is 0.778. The van der Waals surface area contributed by atoms with E-state index in [1.165, 1.54) is 5.56 Å². The van der Waals surface area contributed by atoms with Gasteiger partial charge in [-0.15, -0.1) is 0 Å². The Labute approximate surface area is 126 Å². The van der Waals surface area contributed by atoms with Gasteiger partial charge >= 0.3 is 0 Å². The normalized spacial score (nSPS) is 16.7. The van der Waals surface area contributed by atoms with Crippen LogP contribution in [0.15, 0.2) is 12.1 Å². The number of nitriles is 1. The number of carbonyl (C=O) groups excluding carboxylic acids is 1. The number of benzene rings is 1. The van der Waals surface area contributed by atoms with Crippen molar-refractivity contribution >= 4 is 5.91 Å².